The zero-order valence-corrected chi connectivity index (χ0v) is 21.3. The van der Waals surface area contributed by atoms with Crippen LogP contribution in [0.3, 0.4) is 0 Å². The van der Waals surface area contributed by atoms with Crippen molar-refractivity contribution >= 4 is 34.1 Å². The van der Waals surface area contributed by atoms with Gasteiger partial charge in [-0.3, -0.25) is 9.59 Å². The van der Waals surface area contributed by atoms with Gasteiger partial charge in [0, 0.05) is 46.4 Å². The number of para-hydroxylation sites is 1. The molecule has 0 bridgehead atoms. The molecule has 2 aliphatic heterocycles. The van der Waals surface area contributed by atoms with Crippen LogP contribution in [0.4, 0.5) is 0 Å². The number of benzene rings is 1. The van der Waals surface area contributed by atoms with Crippen LogP contribution in [-0.2, 0) is 19.1 Å². The minimum atomic E-state index is -0.870. The Labute approximate surface area is 217 Å². The SMILES string of the molecule is CC1=C(C(=O)OC[C@H]2CCCO2)[C@@H](c2coc3ccccc3c2=O)C2=C(C[C@@H](c3cccs3)CC2=O)N1. The molecule has 0 radical (unpaired) electrons. The number of allylic oxidation sites excluding steroid dienone is 3. The predicted molar refractivity (Wildman–Crippen MR) is 139 cm³/mol. The second kappa shape index (κ2) is 9.76. The normalized spacial score (nSPS) is 23.8. The lowest BCUT2D eigenvalue weighted by atomic mass is 9.73. The molecule has 8 heteroatoms. The summed E-state index contributed by atoms with van der Waals surface area (Å²) in [5, 5.41) is 5.75. The van der Waals surface area contributed by atoms with E-state index in [1.54, 1.807) is 42.5 Å². The maximum absolute atomic E-state index is 13.7. The van der Waals surface area contributed by atoms with Crippen LogP contribution in [0.15, 0.2) is 79.8 Å². The molecular formula is C29H27NO6S. The molecule has 1 aliphatic carbocycles. The summed E-state index contributed by atoms with van der Waals surface area (Å²) in [6.45, 7) is 2.58. The number of rotatable bonds is 5. The van der Waals surface area contributed by atoms with Crippen molar-refractivity contribution < 1.29 is 23.5 Å². The Hall–Kier alpha value is -3.49. The Morgan fingerprint density at radius 3 is 2.81 bits per heavy atom. The molecule has 3 atom stereocenters. The molecule has 1 aromatic carbocycles. The number of hydrogen-bond acceptors (Lipinski definition) is 8. The monoisotopic (exact) mass is 517 g/mol. The van der Waals surface area contributed by atoms with E-state index < -0.39 is 11.9 Å². The first-order chi connectivity index (χ1) is 18.0. The van der Waals surface area contributed by atoms with Crippen LogP contribution in [0.2, 0.25) is 0 Å². The molecule has 6 rings (SSSR count). The average Bonchev–Trinajstić information content (AvgIpc) is 3.62. The Balaban J connectivity index is 1.44. The molecule has 0 unspecified atom stereocenters. The van der Waals surface area contributed by atoms with Crippen molar-refractivity contribution in [1.29, 1.82) is 0 Å². The number of carbonyl (C=O) groups excluding carboxylic acids is 2. The number of dihydropyridines is 1. The molecule has 190 valence electrons. The third-order valence-corrected chi connectivity index (χ3v) is 8.47. The van der Waals surface area contributed by atoms with Gasteiger partial charge in [-0.1, -0.05) is 18.2 Å². The summed E-state index contributed by atoms with van der Waals surface area (Å²) in [5.74, 6) is -1.46. The van der Waals surface area contributed by atoms with Gasteiger partial charge in [0.15, 0.2) is 11.2 Å². The van der Waals surface area contributed by atoms with Crippen molar-refractivity contribution in [3.05, 3.63) is 91.2 Å². The highest BCUT2D eigenvalue weighted by molar-refractivity contribution is 7.10. The summed E-state index contributed by atoms with van der Waals surface area (Å²) >= 11 is 1.63. The Morgan fingerprint density at radius 1 is 1.16 bits per heavy atom. The van der Waals surface area contributed by atoms with Crippen molar-refractivity contribution in [3.8, 4) is 0 Å². The van der Waals surface area contributed by atoms with Crippen molar-refractivity contribution in [3.63, 3.8) is 0 Å². The predicted octanol–water partition coefficient (Wildman–Crippen LogP) is 4.94. The summed E-state index contributed by atoms with van der Waals surface area (Å²) < 4.78 is 17.1. The molecule has 4 heterocycles. The lowest BCUT2D eigenvalue weighted by Gasteiger charge is -2.36. The van der Waals surface area contributed by atoms with Gasteiger partial charge in [0.1, 0.15) is 12.2 Å². The van der Waals surface area contributed by atoms with Crippen LogP contribution in [-0.4, -0.2) is 31.1 Å². The first-order valence-electron chi connectivity index (χ1n) is 12.6. The minimum Gasteiger partial charge on any atom is -0.464 e. The van der Waals surface area contributed by atoms with Gasteiger partial charge in [0.25, 0.3) is 0 Å². The van der Waals surface area contributed by atoms with Crippen LogP contribution < -0.4 is 10.7 Å². The van der Waals surface area contributed by atoms with Gasteiger partial charge in [-0.25, -0.2) is 4.79 Å². The summed E-state index contributed by atoms with van der Waals surface area (Å²) in [5.41, 5.74) is 2.50. The Bertz CT molecular complexity index is 1490. The zero-order chi connectivity index (χ0) is 25.5. The van der Waals surface area contributed by atoms with Gasteiger partial charge >= 0.3 is 5.97 Å². The van der Waals surface area contributed by atoms with Crippen molar-refractivity contribution in [2.24, 2.45) is 0 Å². The average molecular weight is 518 g/mol. The molecule has 7 nitrogen and oxygen atoms in total. The molecule has 0 saturated carbocycles. The number of thiophene rings is 1. The molecule has 0 spiro atoms. The van der Waals surface area contributed by atoms with Gasteiger partial charge in [-0.15, -0.1) is 11.3 Å². The number of nitrogens with one attached hydrogen (secondary N) is 1. The second-order valence-corrected chi connectivity index (χ2v) is 10.8. The van der Waals surface area contributed by atoms with Crippen LogP contribution in [0.25, 0.3) is 11.0 Å². The Morgan fingerprint density at radius 2 is 2.03 bits per heavy atom. The minimum absolute atomic E-state index is 0.0493. The highest BCUT2D eigenvalue weighted by atomic mass is 32.1. The standard InChI is InChI=1S/C29H27NO6S/c1-16-25(29(33)36-14-18-6-4-10-34-18)26(20-15-35-23-8-3-2-7-19(23)28(20)32)27-21(30-16)12-17(13-22(27)31)24-9-5-11-37-24/h2-3,5,7-9,11,15,17-18,26,30H,4,6,10,12-14H2,1H3/t17-,18-,26-/m1/s1. The summed E-state index contributed by atoms with van der Waals surface area (Å²) in [7, 11) is 0. The van der Waals surface area contributed by atoms with E-state index in [1.807, 2.05) is 17.5 Å². The fourth-order valence-electron chi connectivity index (χ4n) is 5.66. The number of hydrogen-bond donors (Lipinski definition) is 1. The van der Waals surface area contributed by atoms with Gasteiger partial charge in [0.05, 0.1) is 29.2 Å². The van der Waals surface area contributed by atoms with Crippen molar-refractivity contribution in [2.75, 3.05) is 13.2 Å². The highest BCUT2D eigenvalue weighted by Gasteiger charge is 2.43. The largest absolute Gasteiger partial charge is 0.464 e. The van der Waals surface area contributed by atoms with Crippen LogP contribution in [0.5, 0.6) is 0 Å². The maximum Gasteiger partial charge on any atom is 0.336 e. The number of carbonyl (C=O) groups is 2. The number of ether oxygens (including phenoxy) is 2. The highest BCUT2D eigenvalue weighted by Crippen LogP contribution is 2.46. The van der Waals surface area contributed by atoms with Crippen LogP contribution in [0, 0.1) is 0 Å². The molecule has 1 saturated heterocycles. The van der Waals surface area contributed by atoms with Gasteiger partial charge in [0.2, 0.25) is 0 Å². The number of Topliss-reactive ketones (excluding diaryl/α,β-unsaturated/α-hetero) is 1. The number of ketones is 1. The Kier molecular flexibility index (Phi) is 6.30. The van der Waals surface area contributed by atoms with Crippen molar-refractivity contribution in [1.82, 2.24) is 5.32 Å². The van der Waals surface area contributed by atoms with Gasteiger partial charge in [-0.2, -0.15) is 0 Å². The first-order valence-corrected chi connectivity index (χ1v) is 13.5. The quantitative estimate of drug-likeness (QED) is 0.479. The molecule has 37 heavy (non-hydrogen) atoms. The molecule has 0 amide bonds. The third kappa shape index (κ3) is 4.34. The van der Waals surface area contributed by atoms with E-state index in [2.05, 4.69) is 5.32 Å². The van der Waals surface area contributed by atoms with E-state index in [0.29, 0.717) is 41.7 Å². The smallest absolute Gasteiger partial charge is 0.336 e. The molecular weight excluding hydrogens is 490 g/mol. The molecule has 3 aliphatic rings. The summed E-state index contributed by atoms with van der Waals surface area (Å²) in [6.07, 6.45) is 3.95. The molecule has 2 aromatic heterocycles. The van der Waals surface area contributed by atoms with Crippen molar-refractivity contribution in [2.45, 2.75) is 50.5 Å². The van der Waals surface area contributed by atoms with Gasteiger partial charge in [-0.05, 0) is 49.8 Å². The van der Waals surface area contributed by atoms with E-state index in [4.69, 9.17) is 13.9 Å². The van der Waals surface area contributed by atoms with E-state index in [0.717, 1.165) is 23.4 Å². The lowest BCUT2D eigenvalue weighted by Crippen LogP contribution is -2.37. The van der Waals surface area contributed by atoms with E-state index in [-0.39, 0.29) is 41.0 Å². The van der Waals surface area contributed by atoms with E-state index in [9.17, 15) is 14.4 Å². The number of esters is 1. The fraction of sp³-hybridized carbons (Fsp3) is 0.345. The summed E-state index contributed by atoms with van der Waals surface area (Å²) in [6, 6.07) is 11.0. The third-order valence-electron chi connectivity index (χ3n) is 7.44. The summed E-state index contributed by atoms with van der Waals surface area (Å²) in [4.78, 5) is 42.1. The van der Waals surface area contributed by atoms with E-state index in [1.165, 1.54) is 6.26 Å². The lowest BCUT2D eigenvalue weighted by molar-refractivity contribution is -0.142. The van der Waals surface area contributed by atoms with Crippen LogP contribution >= 0.6 is 11.3 Å². The fourth-order valence-corrected chi connectivity index (χ4v) is 6.49. The van der Waals surface area contributed by atoms with E-state index >= 15 is 0 Å². The zero-order valence-electron chi connectivity index (χ0n) is 20.5. The molecule has 1 fully saturated rings. The molecule has 1 N–H and O–H groups in total. The maximum atomic E-state index is 13.7. The topological polar surface area (TPSA) is 94.8 Å². The number of fused-ring (bicyclic) bond motifs is 1. The molecule has 3 aromatic rings. The second-order valence-electron chi connectivity index (χ2n) is 9.78. The van der Waals surface area contributed by atoms with Gasteiger partial charge < -0.3 is 19.2 Å². The first kappa shape index (κ1) is 23.9. The van der Waals surface area contributed by atoms with Crippen LogP contribution in [0.1, 0.15) is 54.9 Å².